The fraction of sp³-hybridized carbons (Fsp3) is 0.590. The maximum absolute atomic E-state index is 13.1. The largest absolute Gasteiger partial charge is 0.504 e. The molecule has 2 aromatic carbocycles. The molecule has 0 spiro atoms. The number of hydrogen-bond donors (Lipinski definition) is 7. The van der Waals surface area contributed by atoms with Gasteiger partial charge in [-0.3, -0.25) is 15.1 Å². The molecule has 6 rings (SSSR count). The lowest BCUT2D eigenvalue weighted by Gasteiger charge is -2.42. The molecule has 0 saturated carbocycles. The van der Waals surface area contributed by atoms with Crippen molar-refractivity contribution in [2.45, 2.75) is 89.7 Å². The van der Waals surface area contributed by atoms with E-state index in [1.807, 2.05) is 21.6 Å². The van der Waals surface area contributed by atoms with E-state index in [0.717, 1.165) is 40.6 Å². The highest BCUT2D eigenvalue weighted by Gasteiger charge is 2.42. The average molecular weight is 769 g/mol. The van der Waals surface area contributed by atoms with E-state index in [4.69, 9.17) is 19.2 Å². The predicted molar refractivity (Wildman–Crippen MR) is 208 cm³/mol. The maximum Gasteiger partial charge on any atom is 0.201 e. The van der Waals surface area contributed by atoms with Gasteiger partial charge in [-0.25, -0.2) is 0 Å². The Morgan fingerprint density at radius 3 is 2.64 bits per heavy atom. The molecule has 14 heteroatoms. The molecule has 4 aliphatic rings. The Balaban J connectivity index is 1.39. The van der Waals surface area contributed by atoms with Crippen LogP contribution in [0.15, 0.2) is 23.2 Å². The Kier molecular flexibility index (Phi) is 13.6. The Labute approximate surface area is 319 Å². The second-order valence-corrected chi connectivity index (χ2v) is 17.0. The van der Waals surface area contributed by atoms with Crippen LogP contribution in [-0.2, 0) is 30.5 Å². The van der Waals surface area contributed by atoms with Gasteiger partial charge in [0.05, 0.1) is 11.7 Å². The van der Waals surface area contributed by atoms with Crippen molar-refractivity contribution in [3.63, 3.8) is 0 Å². The van der Waals surface area contributed by atoms with Gasteiger partial charge in [0.25, 0.3) is 0 Å². The molecule has 1 fully saturated rings. The molecule has 7 N–H and O–H groups in total. The number of aryl methyl sites for hydroxylation is 2. The van der Waals surface area contributed by atoms with Gasteiger partial charge < -0.3 is 45.3 Å². The molecule has 3 aliphatic heterocycles. The number of phenolic OH excluding ortho intramolecular Hbond substituents is 1. The average Bonchev–Trinajstić information content (AvgIpc) is 3.13. The number of aromatic hydroxyl groups is 1. The number of hydrogen-bond acceptors (Lipinski definition) is 14. The van der Waals surface area contributed by atoms with E-state index in [1.165, 1.54) is 6.07 Å². The van der Waals surface area contributed by atoms with Crippen LogP contribution in [0, 0.1) is 29.6 Å². The van der Waals surface area contributed by atoms with E-state index in [1.54, 1.807) is 13.1 Å². The number of Topliss-reactive ketones (excluding diaryl/α,β-unsaturated/α-hetero) is 1. The number of aliphatic imine (C=N–C) groups is 1. The number of benzene rings is 2. The molecular weight excluding hydrogens is 717 g/mol. The van der Waals surface area contributed by atoms with E-state index < -0.39 is 19.2 Å². The van der Waals surface area contributed by atoms with Crippen LogP contribution < -0.4 is 30.2 Å². The number of nitrogens with zero attached hydrogens (tertiary/aromatic N) is 1. The van der Waals surface area contributed by atoms with E-state index in [2.05, 4.69) is 47.7 Å². The highest BCUT2D eigenvalue weighted by Crippen LogP contribution is 2.47. The van der Waals surface area contributed by atoms with Gasteiger partial charge in [-0.15, -0.1) is 0 Å². The summed E-state index contributed by atoms with van der Waals surface area (Å²) in [7, 11) is 5.47. The fourth-order valence-electron chi connectivity index (χ4n) is 7.54. The molecule has 12 nitrogen and oxygen atoms in total. The lowest BCUT2D eigenvalue weighted by Crippen LogP contribution is -2.57. The Bertz CT molecular complexity index is 1710. The van der Waals surface area contributed by atoms with E-state index in [0.29, 0.717) is 66.8 Å². The molecule has 4 bridgehead atoms. The number of aliphatic hydroxyl groups is 3. The van der Waals surface area contributed by atoms with Crippen molar-refractivity contribution < 1.29 is 39.4 Å². The minimum absolute atomic E-state index is 0.00917. The van der Waals surface area contributed by atoms with Crippen molar-refractivity contribution in [1.82, 2.24) is 16.0 Å². The zero-order valence-corrected chi connectivity index (χ0v) is 32.3. The van der Waals surface area contributed by atoms with Crippen LogP contribution in [0.2, 0.25) is 0 Å². The minimum Gasteiger partial charge on any atom is -0.504 e. The van der Waals surface area contributed by atoms with Gasteiger partial charge in [0, 0.05) is 66.4 Å². The lowest BCUT2D eigenvalue weighted by atomic mass is 9.78. The molecule has 3 heterocycles. The number of phenols is 1. The van der Waals surface area contributed by atoms with Gasteiger partial charge in [-0.2, -0.15) is 0 Å². The van der Waals surface area contributed by atoms with Gasteiger partial charge >= 0.3 is 0 Å². The maximum atomic E-state index is 13.1. The minimum atomic E-state index is -1.10. The smallest absolute Gasteiger partial charge is 0.201 e. The number of aliphatic hydroxyl groups excluding tert-OH is 3. The van der Waals surface area contributed by atoms with Gasteiger partial charge in [0.2, 0.25) is 6.29 Å². The summed E-state index contributed by atoms with van der Waals surface area (Å²) in [5.41, 5.74) is 3.69. The van der Waals surface area contributed by atoms with Crippen molar-refractivity contribution in [2.75, 3.05) is 38.6 Å². The quantitative estimate of drug-likeness (QED) is 0.124. The van der Waals surface area contributed by atoms with E-state index >= 15 is 0 Å². The van der Waals surface area contributed by atoms with Gasteiger partial charge in [0.15, 0.2) is 35.8 Å². The van der Waals surface area contributed by atoms with Gasteiger partial charge in [-0.05, 0) is 68.2 Å². The van der Waals surface area contributed by atoms with Crippen molar-refractivity contribution in [2.24, 2.45) is 22.7 Å². The standard InChI is InChI=1S/C39H52N4O8S2/c1-22(2)33-19-53-52-18-31(32-13-14-41-39(42-32)43-33)30-17-29-24-8-11-27(46)16-26(45)10-7-23-9-12-34(47)36(50-21-44)28(23)6-4-5-25(15-24)35(49-20-40-3)37(29)51-38(30)48/h9,12,15,22,27,30-33,38,40,44,46-48H,5,7-8,10-11,13-14,16-21H2,1-3H3,(H2,41,42,43)/t27-,30+,31-,32-,33-,38+/m1/s1. The number of carbonyl (C=O) groups excluding carboxylic acids is 1. The summed E-state index contributed by atoms with van der Waals surface area (Å²) in [6, 6.07) is 5.59. The first-order valence-corrected chi connectivity index (χ1v) is 21.0. The van der Waals surface area contributed by atoms with Crippen molar-refractivity contribution in [3.8, 4) is 34.8 Å². The fourth-order valence-corrected chi connectivity index (χ4v) is 10.5. The van der Waals surface area contributed by atoms with Crippen LogP contribution in [0.25, 0.3) is 0 Å². The summed E-state index contributed by atoms with van der Waals surface area (Å²) in [6.07, 6.45) is 1.05. The molecule has 0 unspecified atom stereocenters. The van der Waals surface area contributed by atoms with Crippen LogP contribution >= 0.6 is 21.6 Å². The summed E-state index contributed by atoms with van der Waals surface area (Å²) in [5.74, 6) is 9.95. The third-order valence-electron chi connectivity index (χ3n) is 10.5. The van der Waals surface area contributed by atoms with Crippen LogP contribution in [0.4, 0.5) is 0 Å². The van der Waals surface area contributed by atoms with Crippen LogP contribution in [-0.4, -0.2) is 95.3 Å². The number of ketones is 1. The Hall–Kier alpha value is -3.32. The molecule has 0 radical (unpaired) electrons. The second kappa shape index (κ2) is 18.3. The molecule has 288 valence electrons. The molecule has 6 atom stereocenters. The second-order valence-electron chi connectivity index (χ2n) is 14.5. The van der Waals surface area contributed by atoms with Gasteiger partial charge in [0.1, 0.15) is 12.5 Å². The van der Waals surface area contributed by atoms with Crippen LogP contribution in [0.3, 0.4) is 0 Å². The summed E-state index contributed by atoms with van der Waals surface area (Å²) >= 11 is 0. The molecule has 53 heavy (non-hydrogen) atoms. The molecule has 1 saturated heterocycles. The number of fused-ring (bicyclic) bond motifs is 7. The summed E-state index contributed by atoms with van der Waals surface area (Å²) in [6.45, 7) is 4.67. The van der Waals surface area contributed by atoms with Crippen molar-refractivity contribution >= 4 is 33.3 Å². The number of ether oxygens (including phenoxy) is 3. The normalized spacial score (nSPS) is 26.4. The predicted octanol–water partition coefficient (Wildman–Crippen LogP) is 3.28. The highest BCUT2D eigenvalue weighted by atomic mass is 33.1. The number of nitrogens with one attached hydrogen (secondary N) is 3. The zero-order valence-electron chi connectivity index (χ0n) is 30.7. The van der Waals surface area contributed by atoms with Crippen molar-refractivity contribution in [1.29, 1.82) is 0 Å². The summed E-state index contributed by atoms with van der Waals surface area (Å²) in [5, 5.41) is 53.4. The van der Waals surface area contributed by atoms with Crippen LogP contribution in [0.1, 0.15) is 67.3 Å². The van der Waals surface area contributed by atoms with E-state index in [-0.39, 0.29) is 61.2 Å². The Morgan fingerprint density at radius 2 is 1.85 bits per heavy atom. The molecular formula is C39H52N4O8S2. The highest BCUT2D eigenvalue weighted by molar-refractivity contribution is 8.76. The summed E-state index contributed by atoms with van der Waals surface area (Å²) in [4.78, 5) is 17.8. The van der Waals surface area contributed by atoms with E-state index in [9.17, 15) is 25.2 Å². The number of carbonyl (C=O) groups is 1. The number of guanidine groups is 1. The molecule has 0 amide bonds. The molecule has 0 aromatic heterocycles. The summed E-state index contributed by atoms with van der Waals surface area (Å²) < 4.78 is 18.2. The third-order valence-corrected chi connectivity index (χ3v) is 13.0. The van der Waals surface area contributed by atoms with Gasteiger partial charge in [-0.1, -0.05) is 59.4 Å². The third kappa shape index (κ3) is 9.50. The number of rotatable bonds is 7. The SMILES string of the molecule is CNCOc1c2cc(c3c1O[C@H](O)[C@H]([C@H]1CSSC[C@H](C(C)C)NC4=NCC[C@H]1N4)C3)CC[C@@H](O)CC(=O)CCc1ccc(O)c(OCO)c1C#CC2. The lowest BCUT2D eigenvalue weighted by molar-refractivity contribution is -0.121. The molecule has 2 aromatic rings. The first-order valence-electron chi connectivity index (χ1n) is 18.6. The topological polar surface area (TPSA) is 174 Å². The zero-order chi connectivity index (χ0) is 37.5. The first kappa shape index (κ1) is 39.4. The van der Waals surface area contributed by atoms with Crippen LogP contribution in [0.5, 0.6) is 23.0 Å². The van der Waals surface area contributed by atoms with Crippen molar-refractivity contribution in [3.05, 3.63) is 46.0 Å². The first-order chi connectivity index (χ1) is 25.7. The Morgan fingerprint density at radius 1 is 1.02 bits per heavy atom. The monoisotopic (exact) mass is 768 g/mol. The molecule has 1 aliphatic carbocycles.